The van der Waals surface area contributed by atoms with E-state index in [0.29, 0.717) is 23.5 Å². The fourth-order valence-corrected chi connectivity index (χ4v) is 3.81. The number of hydrogen-bond acceptors (Lipinski definition) is 4. The van der Waals surface area contributed by atoms with Crippen molar-refractivity contribution in [3.63, 3.8) is 0 Å². The smallest absolute Gasteiger partial charge is 0.252 e. The first-order chi connectivity index (χ1) is 16.9. The highest BCUT2D eigenvalue weighted by Crippen LogP contribution is 2.24. The van der Waals surface area contributed by atoms with Crippen LogP contribution in [0, 0.1) is 11.7 Å². The molecule has 0 saturated carbocycles. The first-order valence-corrected chi connectivity index (χ1v) is 11.6. The predicted molar refractivity (Wildman–Crippen MR) is 132 cm³/mol. The predicted octanol–water partition coefficient (Wildman–Crippen LogP) is 5.36. The molecule has 3 N–H and O–H groups in total. The summed E-state index contributed by atoms with van der Waals surface area (Å²) in [6.07, 6.45) is 0.987. The van der Waals surface area contributed by atoms with Gasteiger partial charge in [0, 0.05) is 12.0 Å². The second-order valence-electron chi connectivity index (χ2n) is 8.84. The van der Waals surface area contributed by atoms with Crippen LogP contribution in [0.25, 0.3) is 0 Å². The Morgan fingerprint density at radius 3 is 2.37 bits per heavy atom. The minimum absolute atomic E-state index is 0.0318. The number of benzene rings is 3. The highest BCUT2D eigenvalue weighted by Gasteiger charge is 2.20. The Hall–Kier alpha value is -3.71. The fraction of sp³-hybridized carbons (Fsp3) is 0.286. The second kappa shape index (κ2) is 12.7. The van der Waals surface area contributed by atoms with E-state index in [-0.39, 0.29) is 37.2 Å². The molecule has 0 radical (unpaired) electrons. The number of carbonyl (C=O) groups excluding carboxylic acids is 2. The van der Waals surface area contributed by atoms with Crippen LogP contribution >= 0.6 is 0 Å². The molecular weight excluding hydrogens is 447 g/mol. The SMILES string of the molecule is CC(C)CC(NC(=O)c1cc(COc2ccccc2)ccc1CCC(=O)NO)c1ccc(F)cc1. The Morgan fingerprint density at radius 1 is 1.00 bits per heavy atom. The van der Waals surface area contributed by atoms with E-state index in [0.717, 1.165) is 16.9 Å². The van der Waals surface area contributed by atoms with Gasteiger partial charge in [0.15, 0.2) is 0 Å². The van der Waals surface area contributed by atoms with E-state index in [9.17, 15) is 14.0 Å². The van der Waals surface area contributed by atoms with Gasteiger partial charge in [0.2, 0.25) is 5.91 Å². The number of aryl methyl sites for hydroxylation is 1. The molecule has 0 aliphatic carbocycles. The van der Waals surface area contributed by atoms with E-state index in [1.807, 2.05) is 36.4 Å². The minimum Gasteiger partial charge on any atom is -0.489 e. The lowest BCUT2D eigenvalue weighted by atomic mass is 9.95. The van der Waals surface area contributed by atoms with E-state index < -0.39 is 5.91 Å². The number of ether oxygens (including phenoxy) is 1. The average Bonchev–Trinajstić information content (AvgIpc) is 2.86. The fourth-order valence-electron chi connectivity index (χ4n) is 3.81. The molecule has 0 saturated heterocycles. The van der Waals surface area contributed by atoms with Gasteiger partial charge < -0.3 is 10.1 Å². The van der Waals surface area contributed by atoms with Crippen molar-refractivity contribution in [1.82, 2.24) is 10.8 Å². The summed E-state index contributed by atoms with van der Waals surface area (Å²) in [5.41, 5.74) is 4.35. The average molecular weight is 479 g/mol. The molecule has 0 aromatic heterocycles. The third-order valence-corrected chi connectivity index (χ3v) is 5.60. The molecule has 0 aliphatic heterocycles. The summed E-state index contributed by atoms with van der Waals surface area (Å²) in [5, 5.41) is 11.9. The molecule has 0 fully saturated rings. The van der Waals surface area contributed by atoms with Crippen LogP contribution in [0.2, 0.25) is 0 Å². The van der Waals surface area contributed by atoms with Crippen LogP contribution in [-0.4, -0.2) is 17.0 Å². The maximum absolute atomic E-state index is 13.5. The zero-order chi connectivity index (χ0) is 25.2. The molecule has 3 aromatic rings. The molecule has 0 spiro atoms. The summed E-state index contributed by atoms with van der Waals surface area (Å²) in [5.74, 6) is -0.143. The third-order valence-electron chi connectivity index (χ3n) is 5.60. The number of hydrogen-bond donors (Lipinski definition) is 3. The Kier molecular flexibility index (Phi) is 9.38. The van der Waals surface area contributed by atoms with Gasteiger partial charge in [-0.15, -0.1) is 0 Å². The van der Waals surface area contributed by atoms with Crippen molar-refractivity contribution in [3.05, 3.63) is 101 Å². The summed E-state index contributed by atoms with van der Waals surface area (Å²) in [6, 6.07) is 20.6. The molecule has 3 aromatic carbocycles. The molecule has 7 heteroatoms. The Labute approximate surface area is 205 Å². The number of carbonyl (C=O) groups is 2. The highest BCUT2D eigenvalue weighted by molar-refractivity contribution is 5.96. The van der Waals surface area contributed by atoms with Gasteiger partial charge in [-0.25, -0.2) is 9.87 Å². The zero-order valence-electron chi connectivity index (χ0n) is 20.0. The minimum atomic E-state index is -0.531. The standard InChI is InChI=1S/C28H31FN2O4/c1-19(2)16-26(22-10-13-23(29)14-11-22)30-28(33)25-17-20(18-35-24-6-4-3-5-7-24)8-9-21(25)12-15-27(32)31-34/h3-11,13-14,17,19,26,34H,12,15-16,18H2,1-2H3,(H,30,33)(H,31,32). The van der Waals surface area contributed by atoms with Gasteiger partial charge in [-0.3, -0.25) is 14.8 Å². The van der Waals surface area contributed by atoms with Gasteiger partial charge in [0.1, 0.15) is 18.2 Å². The molecule has 2 amide bonds. The summed E-state index contributed by atoms with van der Waals surface area (Å²) < 4.78 is 19.3. The molecule has 3 rings (SSSR count). The number of amides is 2. The Morgan fingerprint density at radius 2 is 1.71 bits per heavy atom. The van der Waals surface area contributed by atoms with Gasteiger partial charge in [-0.05, 0) is 65.8 Å². The van der Waals surface area contributed by atoms with Crippen LogP contribution in [0.15, 0.2) is 72.8 Å². The van der Waals surface area contributed by atoms with Crippen molar-refractivity contribution >= 4 is 11.8 Å². The summed E-state index contributed by atoms with van der Waals surface area (Å²) in [6.45, 7) is 4.39. The summed E-state index contributed by atoms with van der Waals surface area (Å²) >= 11 is 0. The molecule has 0 bridgehead atoms. The van der Waals surface area contributed by atoms with Crippen molar-refractivity contribution in [2.24, 2.45) is 5.92 Å². The van der Waals surface area contributed by atoms with Crippen molar-refractivity contribution < 1.29 is 23.9 Å². The van der Waals surface area contributed by atoms with Crippen molar-refractivity contribution in [2.45, 2.75) is 45.8 Å². The molecule has 35 heavy (non-hydrogen) atoms. The maximum Gasteiger partial charge on any atom is 0.252 e. The maximum atomic E-state index is 13.5. The highest BCUT2D eigenvalue weighted by atomic mass is 19.1. The lowest BCUT2D eigenvalue weighted by Crippen LogP contribution is -2.30. The zero-order valence-corrected chi connectivity index (χ0v) is 20.0. The topological polar surface area (TPSA) is 87.7 Å². The number of halogens is 1. The number of rotatable bonds is 11. The van der Waals surface area contributed by atoms with Gasteiger partial charge in [-0.1, -0.05) is 56.3 Å². The quantitative estimate of drug-likeness (QED) is 0.256. The number of hydroxylamine groups is 1. The lowest BCUT2D eigenvalue weighted by molar-refractivity contribution is -0.129. The van der Waals surface area contributed by atoms with Crippen LogP contribution in [0.4, 0.5) is 4.39 Å². The molecule has 0 aliphatic rings. The van der Waals surface area contributed by atoms with E-state index in [4.69, 9.17) is 9.94 Å². The van der Waals surface area contributed by atoms with E-state index in [2.05, 4.69) is 19.2 Å². The van der Waals surface area contributed by atoms with E-state index >= 15 is 0 Å². The summed E-state index contributed by atoms with van der Waals surface area (Å²) in [7, 11) is 0. The largest absolute Gasteiger partial charge is 0.489 e. The van der Waals surface area contributed by atoms with Crippen LogP contribution < -0.4 is 15.5 Å². The van der Waals surface area contributed by atoms with Crippen molar-refractivity contribution in [3.8, 4) is 5.75 Å². The third kappa shape index (κ3) is 7.93. The first-order valence-electron chi connectivity index (χ1n) is 11.6. The second-order valence-corrected chi connectivity index (χ2v) is 8.84. The Balaban J connectivity index is 1.85. The van der Waals surface area contributed by atoms with Gasteiger partial charge in [0.25, 0.3) is 5.91 Å². The molecule has 184 valence electrons. The Bertz CT molecular complexity index is 1120. The van der Waals surface area contributed by atoms with Crippen LogP contribution in [0.3, 0.4) is 0 Å². The monoisotopic (exact) mass is 478 g/mol. The molecular formula is C28H31FN2O4. The molecule has 0 heterocycles. The molecule has 6 nitrogen and oxygen atoms in total. The lowest BCUT2D eigenvalue weighted by Gasteiger charge is -2.22. The number of para-hydroxylation sites is 1. The van der Waals surface area contributed by atoms with Crippen LogP contribution in [0.1, 0.15) is 59.8 Å². The van der Waals surface area contributed by atoms with Crippen LogP contribution in [0.5, 0.6) is 5.75 Å². The van der Waals surface area contributed by atoms with E-state index in [1.165, 1.54) is 12.1 Å². The van der Waals surface area contributed by atoms with Gasteiger partial charge in [0.05, 0.1) is 6.04 Å². The summed E-state index contributed by atoms with van der Waals surface area (Å²) in [4.78, 5) is 25.1. The number of nitrogens with one attached hydrogen (secondary N) is 2. The van der Waals surface area contributed by atoms with Crippen LogP contribution in [-0.2, 0) is 17.8 Å². The normalized spacial score (nSPS) is 11.7. The van der Waals surface area contributed by atoms with Gasteiger partial charge in [-0.2, -0.15) is 0 Å². The molecule has 1 atom stereocenters. The molecule has 1 unspecified atom stereocenters. The van der Waals surface area contributed by atoms with Crippen molar-refractivity contribution in [1.29, 1.82) is 0 Å². The van der Waals surface area contributed by atoms with E-state index in [1.54, 1.807) is 29.7 Å². The van der Waals surface area contributed by atoms with Crippen molar-refractivity contribution in [2.75, 3.05) is 0 Å². The first kappa shape index (κ1) is 25.9. The van der Waals surface area contributed by atoms with Gasteiger partial charge >= 0.3 is 0 Å².